The van der Waals surface area contributed by atoms with Crippen LogP contribution in [0.3, 0.4) is 0 Å². The van der Waals surface area contributed by atoms with E-state index in [2.05, 4.69) is 28.4 Å². The number of hydrogen-bond acceptors (Lipinski definition) is 3. The van der Waals surface area contributed by atoms with Crippen molar-refractivity contribution >= 4 is 22.0 Å². The Morgan fingerprint density at radius 3 is 2.71 bits per heavy atom. The van der Waals surface area contributed by atoms with E-state index in [1.807, 2.05) is 6.07 Å². The maximum absolute atomic E-state index is 13.7. The van der Waals surface area contributed by atoms with Gasteiger partial charge in [0.25, 0.3) is 0 Å². The second-order valence-electron chi connectivity index (χ2n) is 6.91. The van der Waals surface area contributed by atoms with Gasteiger partial charge in [-0.2, -0.15) is 0 Å². The molecule has 0 radical (unpaired) electrons. The molecule has 0 spiro atoms. The molecule has 0 saturated heterocycles. The van der Waals surface area contributed by atoms with Crippen LogP contribution in [0.2, 0.25) is 0 Å². The molecule has 0 amide bonds. The van der Waals surface area contributed by atoms with E-state index in [0.717, 1.165) is 73.3 Å². The average Bonchev–Trinajstić information content (AvgIpc) is 3.00. The van der Waals surface area contributed by atoms with Gasteiger partial charge in [0, 0.05) is 31.0 Å². The van der Waals surface area contributed by atoms with Gasteiger partial charge in [0.1, 0.15) is 17.5 Å². The molecule has 1 aromatic carbocycles. The zero-order chi connectivity index (χ0) is 20.1. The molecule has 1 atom stereocenters. The van der Waals surface area contributed by atoms with Crippen LogP contribution >= 0.6 is 0 Å². The number of nitrogens with zero attached hydrogens (tertiary/aromatic N) is 3. The van der Waals surface area contributed by atoms with Gasteiger partial charge in [0.15, 0.2) is 5.65 Å². The molecule has 1 unspecified atom stereocenters. The fourth-order valence-electron chi connectivity index (χ4n) is 3.37. The molecule has 0 N–H and O–H groups in total. The van der Waals surface area contributed by atoms with E-state index in [1.54, 1.807) is 6.20 Å². The smallest absolute Gasteiger partial charge is 0.178 e. The number of aryl methyl sites for hydroxylation is 3. The highest BCUT2D eigenvalue weighted by molar-refractivity contribution is 7.85. The van der Waals surface area contributed by atoms with Gasteiger partial charge in [-0.3, -0.25) is 4.21 Å². The highest BCUT2D eigenvalue weighted by Crippen LogP contribution is 2.21. The molecule has 0 aliphatic rings. The maximum Gasteiger partial charge on any atom is 0.178 e. The number of halogens is 2. The first kappa shape index (κ1) is 20.6. The second-order valence-corrected chi connectivity index (χ2v) is 8.45. The van der Waals surface area contributed by atoms with Crippen molar-refractivity contribution in [2.75, 3.05) is 5.75 Å². The van der Waals surface area contributed by atoms with Gasteiger partial charge in [0.05, 0.1) is 21.2 Å². The summed E-state index contributed by atoms with van der Waals surface area (Å²) in [5, 5.41) is 0. The lowest BCUT2D eigenvalue weighted by Crippen LogP contribution is -2.06. The minimum Gasteiger partial charge on any atom is -0.326 e. The molecule has 0 bridgehead atoms. The number of aromatic nitrogens is 3. The first-order chi connectivity index (χ1) is 13.5. The van der Waals surface area contributed by atoms with Gasteiger partial charge in [-0.1, -0.05) is 13.3 Å². The lowest BCUT2D eigenvalue weighted by molar-refractivity contribution is 0.561. The lowest BCUT2D eigenvalue weighted by atomic mass is 10.2. The third kappa shape index (κ3) is 4.63. The van der Waals surface area contributed by atoms with E-state index in [-0.39, 0.29) is 4.90 Å². The third-order valence-electron chi connectivity index (χ3n) is 4.75. The van der Waals surface area contributed by atoms with Crippen molar-refractivity contribution < 1.29 is 13.0 Å². The zero-order valence-corrected chi connectivity index (χ0v) is 17.1. The Hall–Kier alpha value is -2.15. The molecule has 4 nitrogen and oxygen atoms in total. The Labute approximate surface area is 166 Å². The normalized spacial score (nSPS) is 12.6. The standard InChI is InChI=1S/C21H25F2N3OS/c1-3-7-19-25-21-20(15(2)10-11-24-21)26(19)12-5-4-6-13-28(27)18-9-8-16(22)14-17(18)23/h8-11,14H,3-7,12-13H2,1-2H3. The zero-order valence-electron chi connectivity index (χ0n) is 16.3. The van der Waals surface area contributed by atoms with Crippen LogP contribution < -0.4 is 0 Å². The number of imidazole rings is 1. The molecule has 3 aromatic rings. The minimum absolute atomic E-state index is 0.0777. The van der Waals surface area contributed by atoms with Gasteiger partial charge in [-0.15, -0.1) is 0 Å². The summed E-state index contributed by atoms with van der Waals surface area (Å²) in [6.45, 7) is 5.03. The summed E-state index contributed by atoms with van der Waals surface area (Å²) in [6.07, 6.45) is 6.22. The molecule has 28 heavy (non-hydrogen) atoms. The third-order valence-corrected chi connectivity index (χ3v) is 6.23. The maximum atomic E-state index is 13.7. The minimum atomic E-state index is -1.45. The number of fused-ring (bicyclic) bond motifs is 1. The number of rotatable bonds is 9. The van der Waals surface area contributed by atoms with Crippen molar-refractivity contribution in [3.05, 3.63) is 53.5 Å². The average molecular weight is 406 g/mol. The molecule has 0 fully saturated rings. The van der Waals surface area contributed by atoms with E-state index in [9.17, 15) is 13.0 Å². The SMILES string of the molecule is CCCc1nc2nccc(C)c2n1CCCCCS(=O)c1ccc(F)cc1F. The largest absolute Gasteiger partial charge is 0.326 e. The summed E-state index contributed by atoms with van der Waals surface area (Å²) in [4.78, 5) is 9.14. The highest BCUT2D eigenvalue weighted by Gasteiger charge is 2.13. The highest BCUT2D eigenvalue weighted by atomic mass is 32.2. The summed E-state index contributed by atoms with van der Waals surface area (Å²) in [5.74, 6) is 0.0282. The molecular weight excluding hydrogens is 380 g/mol. The Kier molecular flexibility index (Phi) is 6.88. The van der Waals surface area contributed by atoms with Crippen molar-refractivity contribution in [2.24, 2.45) is 0 Å². The van der Waals surface area contributed by atoms with Crippen LogP contribution in [0.1, 0.15) is 44.0 Å². The van der Waals surface area contributed by atoms with Crippen LogP contribution in [0, 0.1) is 18.6 Å². The van der Waals surface area contributed by atoms with Gasteiger partial charge in [-0.05, 0) is 49.9 Å². The quantitative estimate of drug-likeness (QED) is 0.473. The van der Waals surface area contributed by atoms with Crippen LogP contribution in [0.25, 0.3) is 11.2 Å². The summed E-state index contributed by atoms with van der Waals surface area (Å²) in [5.41, 5.74) is 3.03. The van der Waals surface area contributed by atoms with E-state index in [0.29, 0.717) is 5.75 Å². The van der Waals surface area contributed by atoms with Crippen LogP contribution in [0.5, 0.6) is 0 Å². The van der Waals surface area contributed by atoms with E-state index >= 15 is 0 Å². The van der Waals surface area contributed by atoms with E-state index in [1.165, 1.54) is 6.07 Å². The van der Waals surface area contributed by atoms with Crippen molar-refractivity contribution in [1.29, 1.82) is 0 Å². The summed E-state index contributed by atoms with van der Waals surface area (Å²) in [6, 6.07) is 5.19. The predicted molar refractivity (Wildman–Crippen MR) is 108 cm³/mol. The fourth-order valence-corrected chi connectivity index (χ4v) is 4.55. The summed E-state index contributed by atoms with van der Waals surface area (Å²) >= 11 is 0. The van der Waals surface area contributed by atoms with Crippen LogP contribution in [0.15, 0.2) is 35.4 Å². The predicted octanol–water partition coefficient (Wildman–Crippen LogP) is 4.95. The van der Waals surface area contributed by atoms with Gasteiger partial charge in [0.2, 0.25) is 0 Å². The molecule has 0 saturated carbocycles. The molecule has 7 heteroatoms. The number of benzene rings is 1. The molecule has 0 aliphatic carbocycles. The van der Waals surface area contributed by atoms with Crippen LogP contribution in [-0.2, 0) is 23.8 Å². The molecule has 0 aliphatic heterocycles. The molecular formula is C21H25F2N3OS. The van der Waals surface area contributed by atoms with Crippen LogP contribution in [-0.4, -0.2) is 24.5 Å². The van der Waals surface area contributed by atoms with E-state index < -0.39 is 22.4 Å². The summed E-state index contributed by atoms with van der Waals surface area (Å²) < 4.78 is 41.2. The Bertz CT molecular complexity index is 987. The molecule has 150 valence electrons. The van der Waals surface area contributed by atoms with Gasteiger partial charge < -0.3 is 4.57 Å². The lowest BCUT2D eigenvalue weighted by Gasteiger charge is -2.10. The molecule has 2 heterocycles. The van der Waals surface area contributed by atoms with Crippen molar-refractivity contribution in [2.45, 2.75) is 57.4 Å². The first-order valence-corrected chi connectivity index (χ1v) is 11.0. The van der Waals surface area contributed by atoms with Crippen molar-refractivity contribution in [3.63, 3.8) is 0 Å². The topological polar surface area (TPSA) is 47.8 Å². The van der Waals surface area contributed by atoms with E-state index in [4.69, 9.17) is 0 Å². The van der Waals surface area contributed by atoms with Crippen molar-refractivity contribution in [1.82, 2.24) is 14.5 Å². The Morgan fingerprint density at radius 2 is 1.96 bits per heavy atom. The van der Waals surface area contributed by atoms with Crippen LogP contribution in [0.4, 0.5) is 8.78 Å². The number of pyridine rings is 1. The van der Waals surface area contributed by atoms with Gasteiger partial charge >= 0.3 is 0 Å². The first-order valence-electron chi connectivity index (χ1n) is 9.65. The fraction of sp³-hybridized carbons (Fsp3) is 0.429. The number of unbranched alkanes of at least 4 members (excludes halogenated alkanes) is 2. The second kappa shape index (κ2) is 9.37. The Morgan fingerprint density at radius 1 is 1.14 bits per heavy atom. The van der Waals surface area contributed by atoms with Crippen molar-refractivity contribution in [3.8, 4) is 0 Å². The Balaban J connectivity index is 1.58. The monoisotopic (exact) mass is 405 g/mol. The molecule has 3 rings (SSSR count). The van der Waals surface area contributed by atoms with Gasteiger partial charge in [-0.25, -0.2) is 18.7 Å². The molecule has 2 aromatic heterocycles. The number of hydrogen-bond donors (Lipinski definition) is 0. The summed E-state index contributed by atoms with van der Waals surface area (Å²) in [7, 11) is -1.45.